The first-order chi connectivity index (χ1) is 12.6. The molecule has 0 radical (unpaired) electrons. The fourth-order valence-electron chi connectivity index (χ4n) is 3.07. The maximum atomic E-state index is 4.46. The molecule has 0 unspecified atom stereocenters. The van der Waals surface area contributed by atoms with Crippen LogP contribution >= 0.6 is 27.3 Å². The van der Waals surface area contributed by atoms with E-state index in [2.05, 4.69) is 65.3 Å². The molecule has 7 heteroatoms. The second-order valence-corrected chi connectivity index (χ2v) is 9.05. The van der Waals surface area contributed by atoms with Gasteiger partial charge in [-0.05, 0) is 53.0 Å². The van der Waals surface area contributed by atoms with E-state index in [1.54, 1.807) is 0 Å². The number of pyridine rings is 1. The van der Waals surface area contributed by atoms with Crippen LogP contribution in [0.3, 0.4) is 0 Å². The largest absolute Gasteiger partial charge is 0.356 e. The second-order valence-electron chi connectivity index (χ2n) is 6.50. The molecule has 1 aliphatic rings. The zero-order chi connectivity index (χ0) is 18.4. The van der Waals surface area contributed by atoms with Crippen molar-refractivity contribution in [3.63, 3.8) is 0 Å². The van der Waals surface area contributed by atoms with Gasteiger partial charge in [-0.3, -0.25) is 14.9 Å². The summed E-state index contributed by atoms with van der Waals surface area (Å²) in [5, 5.41) is 3.50. The first-order valence-corrected chi connectivity index (χ1v) is 10.6. The molecule has 0 aliphatic carbocycles. The second kappa shape index (κ2) is 9.48. The van der Waals surface area contributed by atoms with E-state index >= 15 is 0 Å². The summed E-state index contributed by atoms with van der Waals surface area (Å²) >= 11 is 5.37. The minimum Gasteiger partial charge on any atom is -0.356 e. The van der Waals surface area contributed by atoms with Crippen molar-refractivity contribution in [1.29, 1.82) is 0 Å². The Hall–Kier alpha value is -1.44. The number of piperazine rings is 1. The van der Waals surface area contributed by atoms with Crippen LogP contribution in [-0.2, 0) is 13.0 Å². The van der Waals surface area contributed by atoms with Gasteiger partial charge < -0.3 is 10.2 Å². The van der Waals surface area contributed by atoms with Crippen LogP contribution in [0, 0.1) is 6.92 Å². The molecule has 1 aliphatic heterocycles. The highest BCUT2D eigenvalue weighted by Crippen LogP contribution is 2.23. The number of aryl methyl sites for hydroxylation is 1. The van der Waals surface area contributed by atoms with Crippen LogP contribution in [0.15, 0.2) is 39.2 Å². The molecule has 0 saturated carbocycles. The summed E-state index contributed by atoms with van der Waals surface area (Å²) in [6.45, 7) is 8.09. The summed E-state index contributed by atoms with van der Waals surface area (Å²) in [7, 11) is 1.87. The van der Waals surface area contributed by atoms with Crippen LogP contribution in [0.5, 0.6) is 0 Å². The van der Waals surface area contributed by atoms with Crippen LogP contribution in [-0.4, -0.2) is 60.5 Å². The van der Waals surface area contributed by atoms with E-state index < -0.39 is 0 Å². The molecular formula is C19H26BrN5S. The molecule has 0 aromatic carbocycles. The molecule has 140 valence electrons. The average Bonchev–Trinajstić information content (AvgIpc) is 3.06. The number of aliphatic imine (C=N–C) groups is 1. The number of hydrogen-bond donors (Lipinski definition) is 1. The van der Waals surface area contributed by atoms with Gasteiger partial charge in [-0.2, -0.15) is 0 Å². The summed E-state index contributed by atoms with van der Waals surface area (Å²) < 4.78 is 1.21. The quantitative estimate of drug-likeness (QED) is 0.578. The maximum Gasteiger partial charge on any atom is 0.193 e. The molecule has 1 fully saturated rings. The summed E-state index contributed by atoms with van der Waals surface area (Å²) in [5.74, 6) is 1.00. The predicted octanol–water partition coefficient (Wildman–Crippen LogP) is 3.15. The highest BCUT2D eigenvalue weighted by atomic mass is 79.9. The van der Waals surface area contributed by atoms with Gasteiger partial charge in [0.2, 0.25) is 0 Å². The fraction of sp³-hybridized carbons (Fsp3) is 0.474. The standard InChI is InChI=1S/C19H26BrN5S/c1-15-3-4-16(13-23-15)7-8-22-19(21-2)25-11-9-24(10-12-25)14-17-5-6-18(20)26-17/h3-6,13H,7-12,14H2,1-2H3,(H,21,22). The van der Waals surface area contributed by atoms with Gasteiger partial charge in [-0.25, -0.2) is 0 Å². The summed E-state index contributed by atoms with van der Waals surface area (Å²) in [6.07, 6.45) is 2.92. The molecule has 0 atom stereocenters. The van der Waals surface area contributed by atoms with Crippen LogP contribution in [0.25, 0.3) is 0 Å². The van der Waals surface area contributed by atoms with E-state index in [1.807, 2.05) is 31.5 Å². The fourth-order valence-corrected chi connectivity index (χ4v) is 4.60. The van der Waals surface area contributed by atoms with Crippen molar-refractivity contribution in [1.82, 2.24) is 20.1 Å². The van der Waals surface area contributed by atoms with Crippen molar-refractivity contribution >= 4 is 33.2 Å². The van der Waals surface area contributed by atoms with Gasteiger partial charge in [0, 0.05) is 63.1 Å². The SMILES string of the molecule is CN=C(NCCc1ccc(C)nc1)N1CCN(Cc2ccc(Br)s2)CC1. The molecule has 0 amide bonds. The molecule has 0 bridgehead atoms. The number of nitrogens with zero attached hydrogens (tertiary/aromatic N) is 4. The Morgan fingerprint density at radius 3 is 2.65 bits per heavy atom. The Morgan fingerprint density at radius 1 is 1.23 bits per heavy atom. The van der Waals surface area contributed by atoms with Crippen LogP contribution in [0.4, 0.5) is 0 Å². The molecule has 1 saturated heterocycles. The Labute approximate surface area is 168 Å². The van der Waals surface area contributed by atoms with E-state index in [4.69, 9.17) is 0 Å². The lowest BCUT2D eigenvalue weighted by Gasteiger charge is -2.36. The summed E-state index contributed by atoms with van der Waals surface area (Å²) in [4.78, 5) is 15.1. The van der Waals surface area contributed by atoms with Crippen molar-refractivity contribution in [2.45, 2.75) is 19.9 Å². The smallest absolute Gasteiger partial charge is 0.193 e. The Balaban J connectivity index is 1.42. The van der Waals surface area contributed by atoms with E-state index in [1.165, 1.54) is 14.2 Å². The van der Waals surface area contributed by atoms with Gasteiger partial charge in [0.05, 0.1) is 3.79 Å². The number of thiophene rings is 1. The van der Waals surface area contributed by atoms with Gasteiger partial charge >= 0.3 is 0 Å². The molecule has 1 N–H and O–H groups in total. The first kappa shape index (κ1) is 19.3. The van der Waals surface area contributed by atoms with Gasteiger partial charge in [0.25, 0.3) is 0 Å². The Kier molecular flexibility index (Phi) is 7.05. The number of hydrogen-bond acceptors (Lipinski definition) is 4. The predicted molar refractivity (Wildman–Crippen MR) is 113 cm³/mol. The third-order valence-corrected chi connectivity index (χ3v) is 6.17. The van der Waals surface area contributed by atoms with E-state index in [-0.39, 0.29) is 0 Å². The van der Waals surface area contributed by atoms with Gasteiger partial charge in [0.1, 0.15) is 0 Å². The number of aromatic nitrogens is 1. The molecular weight excluding hydrogens is 410 g/mol. The zero-order valence-electron chi connectivity index (χ0n) is 15.4. The molecule has 3 heterocycles. The summed E-state index contributed by atoms with van der Waals surface area (Å²) in [5.41, 5.74) is 2.32. The van der Waals surface area contributed by atoms with E-state index in [0.717, 1.165) is 57.3 Å². The minimum atomic E-state index is 0.876. The lowest BCUT2D eigenvalue weighted by molar-refractivity contribution is 0.174. The van der Waals surface area contributed by atoms with Gasteiger partial charge in [-0.15, -0.1) is 11.3 Å². The Morgan fingerprint density at radius 2 is 2.04 bits per heavy atom. The number of guanidine groups is 1. The highest BCUT2D eigenvalue weighted by Gasteiger charge is 2.19. The monoisotopic (exact) mass is 435 g/mol. The first-order valence-electron chi connectivity index (χ1n) is 8.98. The normalized spacial score (nSPS) is 16.1. The Bertz CT molecular complexity index is 720. The number of nitrogens with one attached hydrogen (secondary N) is 1. The average molecular weight is 436 g/mol. The molecule has 0 spiro atoms. The van der Waals surface area contributed by atoms with Crippen molar-refractivity contribution < 1.29 is 0 Å². The maximum absolute atomic E-state index is 4.46. The van der Waals surface area contributed by atoms with Crippen LogP contribution in [0.2, 0.25) is 0 Å². The molecule has 2 aromatic heterocycles. The van der Waals surface area contributed by atoms with E-state index in [0.29, 0.717) is 0 Å². The number of halogens is 1. The lowest BCUT2D eigenvalue weighted by Crippen LogP contribution is -2.52. The lowest BCUT2D eigenvalue weighted by atomic mass is 10.2. The van der Waals surface area contributed by atoms with Crippen LogP contribution in [0.1, 0.15) is 16.1 Å². The third-order valence-electron chi connectivity index (χ3n) is 4.56. The van der Waals surface area contributed by atoms with Gasteiger partial charge in [-0.1, -0.05) is 6.07 Å². The van der Waals surface area contributed by atoms with Crippen molar-refractivity contribution in [2.75, 3.05) is 39.8 Å². The molecule has 5 nitrogen and oxygen atoms in total. The molecule has 2 aromatic rings. The minimum absolute atomic E-state index is 0.876. The summed E-state index contributed by atoms with van der Waals surface area (Å²) in [6, 6.07) is 8.55. The van der Waals surface area contributed by atoms with Crippen molar-refractivity contribution in [3.8, 4) is 0 Å². The van der Waals surface area contributed by atoms with Gasteiger partial charge in [0.15, 0.2) is 5.96 Å². The number of rotatable bonds is 5. The molecule has 3 rings (SSSR count). The van der Waals surface area contributed by atoms with Crippen LogP contribution < -0.4 is 5.32 Å². The zero-order valence-corrected chi connectivity index (χ0v) is 17.8. The third kappa shape index (κ3) is 5.53. The van der Waals surface area contributed by atoms with E-state index in [9.17, 15) is 0 Å². The molecule has 26 heavy (non-hydrogen) atoms. The highest BCUT2D eigenvalue weighted by molar-refractivity contribution is 9.11. The topological polar surface area (TPSA) is 43.8 Å². The van der Waals surface area contributed by atoms with Crippen molar-refractivity contribution in [3.05, 3.63) is 50.4 Å². The van der Waals surface area contributed by atoms with Crippen molar-refractivity contribution in [2.24, 2.45) is 4.99 Å².